The lowest BCUT2D eigenvalue weighted by molar-refractivity contribution is 0.0851. The van der Waals surface area contributed by atoms with Crippen LogP contribution in [0.5, 0.6) is 5.75 Å². The number of rotatable bonds is 6. The molecule has 0 atom stereocenters. The number of nitrogens with two attached hydrogens (primary N) is 1. The van der Waals surface area contributed by atoms with Crippen LogP contribution in [0, 0.1) is 23.7 Å². The molecule has 0 amide bonds. The van der Waals surface area contributed by atoms with E-state index in [1.54, 1.807) is 7.11 Å². The van der Waals surface area contributed by atoms with Crippen LogP contribution in [0.1, 0.15) is 55.4 Å². The highest BCUT2D eigenvalue weighted by Gasteiger charge is 2.54. The molecule has 2 aromatic carbocycles. The lowest BCUT2D eigenvalue weighted by Gasteiger charge is -2.64. The van der Waals surface area contributed by atoms with E-state index >= 15 is 0 Å². The Balaban J connectivity index is 1.40. The number of methoxy groups -OCH3 is 1. The van der Waals surface area contributed by atoms with Gasteiger partial charge in [0.2, 0.25) is 0 Å². The lowest BCUT2D eigenvalue weighted by Crippen LogP contribution is -2.55. The summed E-state index contributed by atoms with van der Waals surface area (Å²) >= 11 is 6.45. The van der Waals surface area contributed by atoms with Gasteiger partial charge in [0.15, 0.2) is 5.75 Å². The van der Waals surface area contributed by atoms with E-state index in [1.165, 1.54) is 41.9 Å². The summed E-state index contributed by atoms with van der Waals surface area (Å²) < 4.78 is 5.37. The maximum absolute atomic E-state index is 6.45. The Morgan fingerprint density at radius 3 is 2.39 bits per heavy atom. The summed E-state index contributed by atoms with van der Waals surface area (Å²) in [7, 11) is 0.875. The van der Waals surface area contributed by atoms with Crippen molar-refractivity contribution in [2.24, 2.45) is 16.5 Å². The van der Waals surface area contributed by atoms with Gasteiger partial charge >= 0.3 is 0 Å². The van der Waals surface area contributed by atoms with Crippen LogP contribution < -0.4 is 9.88 Å². The molecule has 0 unspecified atom stereocenters. The smallest absolute Gasteiger partial charge is 0.153 e. The second kappa shape index (κ2) is 8.07. The molecule has 2 N–H and O–H groups in total. The predicted molar refractivity (Wildman–Crippen MR) is 135 cm³/mol. The number of aryl methyl sites for hydroxylation is 1. The number of benzene rings is 2. The first kappa shape index (κ1) is 22.6. The van der Waals surface area contributed by atoms with E-state index in [2.05, 4.69) is 50.3 Å². The molecule has 1 saturated carbocycles. The Morgan fingerprint density at radius 1 is 1.19 bits per heavy atom. The molecule has 2 nitrogen and oxygen atoms in total. The molecule has 1 heterocycles. The second-order valence-corrected chi connectivity index (χ2v) is 14.1. The van der Waals surface area contributed by atoms with Gasteiger partial charge in [0.25, 0.3) is 0 Å². The number of hydrogen-bond donors (Lipinski definition) is 1. The summed E-state index contributed by atoms with van der Waals surface area (Å²) in [5.74, 6) is 6.76. The summed E-state index contributed by atoms with van der Waals surface area (Å²) in [4.78, 5) is 0. The monoisotopic (exact) mass is 455 g/mol. The molecule has 1 saturated heterocycles. The van der Waals surface area contributed by atoms with E-state index in [0.29, 0.717) is 21.8 Å². The zero-order chi connectivity index (χ0) is 22.4. The SMILES string of the molecule is C#Cc1cc(C(C)(C)c2ccc(CCC3CC4(C3)CS(C)(N)C4)cc2)cc(Cl)c1OC. The van der Waals surface area contributed by atoms with E-state index in [-0.39, 0.29) is 5.41 Å². The van der Waals surface area contributed by atoms with Crippen molar-refractivity contribution in [1.29, 1.82) is 0 Å². The molecule has 4 rings (SSSR count). The molecular weight excluding hydrogens is 422 g/mol. The Bertz CT molecular complexity index is 1000. The largest absolute Gasteiger partial charge is 0.494 e. The van der Waals surface area contributed by atoms with Crippen molar-refractivity contribution in [3.63, 3.8) is 0 Å². The van der Waals surface area contributed by atoms with E-state index in [9.17, 15) is 0 Å². The summed E-state index contributed by atoms with van der Waals surface area (Å²) in [6.45, 7) is 4.42. The lowest BCUT2D eigenvalue weighted by atomic mass is 9.62. The van der Waals surface area contributed by atoms with Crippen LogP contribution in [0.3, 0.4) is 0 Å². The second-order valence-electron chi connectivity index (χ2n) is 10.5. The summed E-state index contributed by atoms with van der Waals surface area (Å²) in [6, 6.07) is 13.0. The van der Waals surface area contributed by atoms with Gasteiger partial charge in [-0.15, -0.1) is 6.42 Å². The van der Waals surface area contributed by atoms with Crippen LogP contribution in [0.15, 0.2) is 36.4 Å². The van der Waals surface area contributed by atoms with Crippen molar-refractivity contribution in [1.82, 2.24) is 0 Å². The van der Waals surface area contributed by atoms with Crippen LogP contribution in [-0.4, -0.2) is 24.9 Å². The van der Waals surface area contributed by atoms with Crippen molar-refractivity contribution >= 4 is 21.8 Å². The Kier molecular flexibility index (Phi) is 5.88. The minimum Gasteiger partial charge on any atom is -0.494 e. The average Bonchev–Trinajstić information content (AvgIpc) is 2.68. The van der Waals surface area contributed by atoms with Crippen molar-refractivity contribution in [2.45, 2.75) is 44.9 Å². The van der Waals surface area contributed by atoms with Gasteiger partial charge in [0.05, 0.1) is 17.7 Å². The Morgan fingerprint density at radius 2 is 1.84 bits per heavy atom. The molecular formula is C27H34ClNOS. The zero-order valence-corrected chi connectivity index (χ0v) is 20.7. The quantitative estimate of drug-likeness (QED) is 0.518. The summed E-state index contributed by atoms with van der Waals surface area (Å²) in [5.41, 5.74) is 4.88. The maximum Gasteiger partial charge on any atom is 0.153 e. The van der Waals surface area contributed by atoms with Gasteiger partial charge in [-0.25, -0.2) is 0 Å². The van der Waals surface area contributed by atoms with Crippen LogP contribution in [0.4, 0.5) is 0 Å². The Labute approximate surface area is 194 Å². The predicted octanol–water partition coefficient (Wildman–Crippen LogP) is 6.31. The van der Waals surface area contributed by atoms with Crippen LogP contribution in [0.25, 0.3) is 0 Å². The van der Waals surface area contributed by atoms with Gasteiger partial charge in [-0.05, 0) is 83.6 Å². The van der Waals surface area contributed by atoms with E-state index < -0.39 is 10.2 Å². The van der Waals surface area contributed by atoms with E-state index in [1.807, 2.05) is 12.1 Å². The molecule has 2 fully saturated rings. The highest BCUT2D eigenvalue weighted by Crippen LogP contribution is 2.67. The Hall–Kier alpha value is -1.60. The number of terminal acetylenes is 1. The fraction of sp³-hybridized carbons (Fsp3) is 0.481. The first-order valence-corrected chi connectivity index (χ1v) is 13.9. The molecule has 0 aromatic heterocycles. The van der Waals surface area contributed by atoms with Gasteiger partial charge in [-0.2, -0.15) is 10.2 Å². The van der Waals surface area contributed by atoms with Gasteiger partial charge in [0.1, 0.15) is 0 Å². The first-order valence-electron chi connectivity index (χ1n) is 11.0. The van der Waals surface area contributed by atoms with Gasteiger partial charge < -0.3 is 4.74 Å². The van der Waals surface area contributed by atoms with E-state index in [0.717, 1.165) is 17.9 Å². The molecule has 4 heteroatoms. The molecule has 0 radical (unpaired) electrons. The topological polar surface area (TPSA) is 35.2 Å². The van der Waals surface area contributed by atoms with Crippen LogP contribution in [0.2, 0.25) is 5.02 Å². The van der Waals surface area contributed by atoms with Crippen LogP contribution in [-0.2, 0) is 11.8 Å². The minimum atomic E-state index is -0.720. The third-order valence-corrected chi connectivity index (χ3v) is 10.2. The molecule has 2 aromatic rings. The molecule has 1 aliphatic heterocycles. The van der Waals surface area contributed by atoms with Gasteiger partial charge in [-0.3, -0.25) is 5.14 Å². The normalized spacial score (nSPS) is 29.4. The molecule has 1 spiro atoms. The van der Waals surface area contributed by atoms with Crippen LogP contribution >= 0.6 is 21.8 Å². The van der Waals surface area contributed by atoms with Gasteiger partial charge in [0, 0.05) is 5.41 Å². The number of halogens is 1. The highest BCUT2D eigenvalue weighted by atomic mass is 35.5. The van der Waals surface area contributed by atoms with Crippen molar-refractivity contribution in [2.75, 3.05) is 24.9 Å². The van der Waals surface area contributed by atoms with Crippen molar-refractivity contribution < 1.29 is 4.74 Å². The average molecular weight is 456 g/mol. The third-order valence-electron chi connectivity index (χ3n) is 7.36. The fourth-order valence-corrected chi connectivity index (χ4v) is 9.34. The van der Waals surface area contributed by atoms with Crippen molar-refractivity contribution in [3.8, 4) is 18.1 Å². The molecule has 166 valence electrons. The molecule has 1 aliphatic carbocycles. The summed E-state index contributed by atoms with van der Waals surface area (Å²) in [6.07, 6.45) is 13.2. The number of hydrogen-bond acceptors (Lipinski definition) is 2. The fourth-order valence-electron chi connectivity index (χ4n) is 5.86. The van der Waals surface area contributed by atoms with Crippen molar-refractivity contribution in [3.05, 3.63) is 63.7 Å². The van der Waals surface area contributed by atoms with Gasteiger partial charge in [-0.1, -0.05) is 55.6 Å². The standard InChI is InChI=1S/C27H34ClNOS/c1-6-21-13-23(14-24(28)25(21)30-4)26(2,3)22-11-9-19(10-12-22)7-8-20-15-27(16-20)17-31(5,29)18-27/h1,9-14,20H,7-8,15-18,29H2,2-5H3. The first-order chi connectivity index (χ1) is 14.6. The third kappa shape index (κ3) is 4.36. The molecule has 2 aliphatic rings. The van der Waals surface area contributed by atoms with E-state index in [4.69, 9.17) is 27.9 Å². The maximum atomic E-state index is 6.45. The molecule has 31 heavy (non-hydrogen) atoms. The zero-order valence-electron chi connectivity index (χ0n) is 19.1. The minimum absolute atomic E-state index is 0.207. The highest BCUT2D eigenvalue weighted by molar-refractivity contribution is 8.32. The molecule has 0 bridgehead atoms. The number of ether oxygens (including phenoxy) is 1. The summed E-state index contributed by atoms with van der Waals surface area (Å²) in [5, 5.41) is 6.86.